The van der Waals surface area contributed by atoms with Crippen molar-refractivity contribution in [2.45, 2.75) is 26.7 Å². The van der Waals surface area contributed by atoms with Crippen molar-refractivity contribution >= 4 is 23.2 Å². The standard InChI is InChI=1S/C22H32N6O2/c1-5-6-12-24-21(27-23)19-8-7-9-20(25-19)26-22(29)18-15-17(11-10-16(18)2)28(3)13-14-30-4/h7-11,15H,5-6,12-14,23H2,1-4H3,(H,24,27)(H,25,26,29). The smallest absolute Gasteiger partial charge is 0.257 e. The fourth-order valence-corrected chi connectivity index (χ4v) is 2.82. The molecule has 8 heteroatoms. The van der Waals surface area contributed by atoms with Crippen LogP contribution in [0.1, 0.15) is 41.4 Å². The summed E-state index contributed by atoms with van der Waals surface area (Å²) >= 11 is 0. The zero-order valence-corrected chi connectivity index (χ0v) is 18.2. The first-order valence-electron chi connectivity index (χ1n) is 10.1. The van der Waals surface area contributed by atoms with Crippen molar-refractivity contribution in [2.75, 3.05) is 44.1 Å². The van der Waals surface area contributed by atoms with Crippen LogP contribution >= 0.6 is 0 Å². The second-order valence-electron chi connectivity index (χ2n) is 7.00. The second kappa shape index (κ2) is 11.9. The molecule has 0 saturated heterocycles. The van der Waals surface area contributed by atoms with E-state index in [1.54, 1.807) is 19.2 Å². The number of rotatable bonds is 10. The number of likely N-dealkylation sites (N-methyl/N-ethyl adjacent to an activating group) is 1. The molecule has 0 aliphatic rings. The summed E-state index contributed by atoms with van der Waals surface area (Å²) in [6.45, 7) is 6.02. The molecule has 0 spiro atoms. The quantitative estimate of drug-likeness (QED) is 0.182. The number of aryl methyl sites for hydroxylation is 1. The number of hydrogen-bond acceptors (Lipinski definition) is 6. The molecule has 1 amide bonds. The van der Waals surface area contributed by atoms with Gasteiger partial charge in [-0.05, 0) is 43.2 Å². The first-order chi connectivity index (χ1) is 14.5. The molecular formula is C22H32N6O2. The van der Waals surface area contributed by atoms with Crippen LogP contribution < -0.4 is 21.5 Å². The molecule has 30 heavy (non-hydrogen) atoms. The summed E-state index contributed by atoms with van der Waals surface area (Å²) in [5, 5.41) is 2.88. The summed E-state index contributed by atoms with van der Waals surface area (Å²) in [5.74, 6) is 6.33. The summed E-state index contributed by atoms with van der Waals surface area (Å²) in [7, 11) is 3.64. The molecule has 0 unspecified atom stereocenters. The number of carbonyl (C=O) groups excluding carboxylic acids is 1. The first kappa shape index (κ1) is 23.3. The first-order valence-corrected chi connectivity index (χ1v) is 10.1. The summed E-state index contributed by atoms with van der Waals surface area (Å²) in [4.78, 5) is 23.9. The van der Waals surface area contributed by atoms with Crippen molar-refractivity contribution in [2.24, 2.45) is 10.8 Å². The van der Waals surface area contributed by atoms with Gasteiger partial charge in [0.1, 0.15) is 11.5 Å². The van der Waals surface area contributed by atoms with Gasteiger partial charge in [0.25, 0.3) is 5.91 Å². The molecule has 0 atom stereocenters. The minimum absolute atomic E-state index is 0.218. The summed E-state index contributed by atoms with van der Waals surface area (Å²) in [5.41, 5.74) is 5.60. The Labute approximate surface area is 178 Å². The van der Waals surface area contributed by atoms with E-state index in [0.717, 1.165) is 30.6 Å². The van der Waals surface area contributed by atoms with Crippen molar-refractivity contribution in [1.82, 2.24) is 10.4 Å². The number of benzene rings is 1. The van der Waals surface area contributed by atoms with Crippen LogP contribution in [0, 0.1) is 6.92 Å². The van der Waals surface area contributed by atoms with Crippen LogP contribution in [-0.2, 0) is 4.74 Å². The van der Waals surface area contributed by atoms with E-state index in [-0.39, 0.29) is 5.91 Å². The lowest BCUT2D eigenvalue weighted by molar-refractivity contribution is 0.102. The maximum absolute atomic E-state index is 12.9. The lowest BCUT2D eigenvalue weighted by Gasteiger charge is -2.20. The Hall–Kier alpha value is -2.97. The normalized spacial score (nSPS) is 11.3. The number of nitrogens with one attached hydrogen (secondary N) is 2. The van der Waals surface area contributed by atoms with Crippen molar-refractivity contribution in [3.05, 3.63) is 53.2 Å². The van der Waals surface area contributed by atoms with Crippen LogP contribution in [0.15, 0.2) is 41.4 Å². The largest absolute Gasteiger partial charge is 0.383 e. The number of hydrogen-bond donors (Lipinski definition) is 3. The molecule has 0 bridgehead atoms. The number of amidine groups is 1. The third-order valence-electron chi connectivity index (χ3n) is 4.69. The number of nitrogens with two attached hydrogens (primary N) is 1. The van der Waals surface area contributed by atoms with Gasteiger partial charge in [-0.1, -0.05) is 25.5 Å². The van der Waals surface area contributed by atoms with Crippen LogP contribution in [0.5, 0.6) is 0 Å². The maximum Gasteiger partial charge on any atom is 0.257 e. The third-order valence-corrected chi connectivity index (χ3v) is 4.69. The number of amides is 1. The second-order valence-corrected chi connectivity index (χ2v) is 7.00. The Morgan fingerprint density at radius 2 is 2.10 bits per heavy atom. The highest BCUT2D eigenvalue weighted by Gasteiger charge is 2.13. The van der Waals surface area contributed by atoms with E-state index in [1.807, 2.05) is 43.1 Å². The van der Waals surface area contributed by atoms with Crippen molar-refractivity contribution in [3.63, 3.8) is 0 Å². The minimum atomic E-state index is -0.218. The van der Waals surface area contributed by atoms with Gasteiger partial charge in [0, 0.05) is 38.5 Å². The summed E-state index contributed by atoms with van der Waals surface area (Å²) < 4.78 is 5.13. The highest BCUT2D eigenvalue weighted by Crippen LogP contribution is 2.19. The number of hydrazine groups is 1. The SMILES string of the molecule is CCCCN=C(NN)c1cccc(NC(=O)c2cc(N(C)CCOC)ccc2C)n1. The van der Waals surface area contributed by atoms with Crippen molar-refractivity contribution in [3.8, 4) is 0 Å². The van der Waals surface area contributed by atoms with Gasteiger partial charge in [-0.15, -0.1) is 0 Å². The highest BCUT2D eigenvalue weighted by atomic mass is 16.5. The molecule has 8 nitrogen and oxygen atoms in total. The van der Waals surface area contributed by atoms with Crippen LogP contribution in [0.3, 0.4) is 0 Å². The zero-order chi connectivity index (χ0) is 21.9. The molecule has 0 fully saturated rings. The van der Waals surface area contributed by atoms with E-state index in [0.29, 0.717) is 36.1 Å². The number of carbonyl (C=O) groups is 1. The van der Waals surface area contributed by atoms with E-state index in [4.69, 9.17) is 10.6 Å². The van der Waals surface area contributed by atoms with Gasteiger partial charge in [0.15, 0.2) is 5.84 Å². The van der Waals surface area contributed by atoms with Gasteiger partial charge in [0.2, 0.25) is 0 Å². The molecule has 0 radical (unpaired) electrons. The molecule has 2 rings (SSSR count). The van der Waals surface area contributed by atoms with E-state index < -0.39 is 0 Å². The van der Waals surface area contributed by atoms with Gasteiger partial charge >= 0.3 is 0 Å². The number of nitrogens with zero attached hydrogens (tertiary/aromatic N) is 3. The van der Waals surface area contributed by atoms with Gasteiger partial charge in [-0.2, -0.15) is 0 Å². The highest BCUT2D eigenvalue weighted by molar-refractivity contribution is 6.05. The summed E-state index contributed by atoms with van der Waals surface area (Å²) in [6, 6.07) is 11.2. The fourth-order valence-electron chi connectivity index (χ4n) is 2.82. The molecule has 0 aliphatic heterocycles. The van der Waals surface area contributed by atoms with Gasteiger partial charge < -0.3 is 20.4 Å². The number of pyridine rings is 1. The van der Waals surface area contributed by atoms with Gasteiger partial charge in [-0.25, -0.2) is 10.8 Å². The Kier molecular flexibility index (Phi) is 9.24. The zero-order valence-electron chi connectivity index (χ0n) is 18.2. The van der Waals surface area contributed by atoms with Crippen LogP contribution in [0.25, 0.3) is 0 Å². The Morgan fingerprint density at radius 3 is 2.80 bits per heavy atom. The monoisotopic (exact) mass is 412 g/mol. The molecule has 2 aromatic rings. The average Bonchev–Trinajstić information content (AvgIpc) is 2.75. The van der Waals surface area contributed by atoms with Crippen LogP contribution in [0.2, 0.25) is 0 Å². The van der Waals surface area contributed by atoms with E-state index in [1.165, 1.54) is 0 Å². The van der Waals surface area contributed by atoms with E-state index in [2.05, 4.69) is 27.6 Å². The Morgan fingerprint density at radius 1 is 1.30 bits per heavy atom. The summed E-state index contributed by atoms with van der Waals surface area (Å²) in [6.07, 6.45) is 2.01. The van der Waals surface area contributed by atoms with Gasteiger partial charge in [0.05, 0.1) is 6.61 Å². The molecular weight excluding hydrogens is 380 g/mol. The van der Waals surface area contributed by atoms with Crippen LogP contribution in [-0.4, -0.2) is 50.6 Å². The number of methoxy groups -OCH3 is 1. The van der Waals surface area contributed by atoms with E-state index in [9.17, 15) is 4.79 Å². The van der Waals surface area contributed by atoms with Crippen molar-refractivity contribution < 1.29 is 9.53 Å². The number of aliphatic imine (C=N–C) groups is 1. The molecule has 1 aromatic carbocycles. The molecule has 1 aromatic heterocycles. The van der Waals surface area contributed by atoms with Crippen LogP contribution in [0.4, 0.5) is 11.5 Å². The topological polar surface area (TPSA) is 105 Å². The Bertz CT molecular complexity index is 868. The third kappa shape index (κ3) is 6.53. The Balaban J connectivity index is 2.19. The predicted octanol–water partition coefficient (Wildman–Crippen LogP) is 2.73. The lowest BCUT2D eigenvalue weighted by Crippen LogP contribution is -2.32. The average molecular weight is 413 g/mol. The molecule has 1 heterocycles. The molecule has 0 saturated carbocycles. The number of unbranched alkanes of at least 4 members (excludes halogenated alkanes) is 1. The molecule has 4 N–H and O–H groups in total. The fraction of sp³-hybridized carbons (Fsp3) is 0.409. The maximum atomic E-state index is 12.9. The number of anilines is 2. The van der Waals surface area contributed by atoms with Gasteiger partial charge in [-0.3, -0.25) is 9.79 Å². The van der Waals surface area contributed by atoms with Crippen molar-refractivity contribution in [1.29, 1.82) is 0 Å². The lowest BCUT2D eigenvalue weighted by atomic mass is 10.1. The molecule has 162 valence electrons. The predicted molar refractivity (Wildman–Crippen MR) is 122 cm³/mol. The van der Waals surface area contributed by atoms with E-state index >= 15 is 0 Å². The number of ether oxygens (including phenoxy) is 1. The minimum Gasteiger partial charge on any atom is -0.383 e. The molecule has 0 aliphatic carbocycles. The number of aromatic nitrogens is 1.